The van der Waals surface area contributed by atoms with Gasteiger partial charge in [0.15, 0.2) is 10.6 Å². The van der Waals surface area contributed by atoms with Crippen LogP contribution in [-0.2, 0) is 16.0 Å². The van der Waals surface area contributed by atoms with E-state index in [1.54, 1.807) is 18.4 Å². The lowest BCUT2D eigenvalue weighted by Crippen LogP contribution is -2.10. The third-order valence-corrected chi connectivity index (χ3v) is 3.57. The van der Waals surface area contributed by atoms with Crippen LogP contribution in [0.1, 0.15) is 0 Å². The van der Waals surface area contributed by atoms with Crippen molar-refractivity contribution in [3.8, 4) is 10.7 Å². The van der Waals surface area contributed by atoms with Gasteiger partial charge in [-0.25, -0.2) is 0 Å². The van der Waals surface area contributed by atoms with Crippen molar-refractivity contribution in [2.45, 2.75) is 6.54 Å². The molecule has 0 spiro atoms. The van der Waals surface area contributed by atoms with Crippen molar-refractivity contribution in [1.29, 1.82) is 0 Å². The Bertz CT molecular complexity index is 519. The van der Waals surface area contributed by atoms with Gasteiger partial charge < -0.3 is 9.47 Å². The van der Waals surface area contributed by atoms with E-state index >= 15 is 0 Å². The van der Waals surface area contributed by atoms with Crippen molar-refractivity contribution in [3.63, 3.8) is 0 Å². The fraction of sp³-hybridized carbons (Fsp3) is 0.455. The van der Waals surface area contributed by atoms with E-state index in [9.17, 15) is 0 Å². The maximum atomic E-state index is 5.44. The highest BCUT2D eigenvalue weighted by Gasteiger charge is 2.09. The van der Waals surface area contributed by atoms with Gasteiger partial charge in [0.25, 0.3) is 0 Å². The zero-order valence-electron chi connectivity index (χ0n) is 10.1. The quantitative estimate of drug-likeness (QED) is 0.626. The minimum Gasteiger partial charge on any atom is -0.382 e. The van der Waals surface area contributed by atoms with Crippen LogP contribution in [0.4, 0.5) is 0 Å². The van der Waals surface area contributed by atoms with Crippen LogP contribution in [0.3, 0.4) is 0 Å². The predicted molar refractivity (Wildman–Crippen MR) is 73.4 cm³/mol. The van der Waals surface area contributed by atoms with Crippen molar-refractivity contribution in [2.24, 2.45) is 0 Å². The van der Waals surface area contributed by atoms with E-state index in [4.69, 9.17) is 21.7 Å². The molecule has 0 fully saturated rings. The standard InChI is InChI=1S/C11H15N3O2S2/c1-15-6-7-16-5-4-14-10(12-13-11(14)17)9-3-2-8-18-9/h2-3,8H,4-7H2,1H3,(H,13,17). The second-order valence-corrected chi connectivity index (χ2v) is 4.92. The Hall–Kier alpha value is -1.02. The summed E-state index contributed by atoms with van der Waals surface area (Å²) in [4.78, 5) is 1.10. The Morgan fingerprint density at radius 1 is 1.44 bits per heavy atom. The third kappa shape index (κ3) is 3.26. The first kappa shape index (κ1) is 13.4. The minimum atomic E-state index is 0.593. The number of nitrogens with one attached hydrogen (secondary N) is 1. The van der Waals surface area contributed by atoms with Gasteiger partial charge in [-0.3, -0.25) is 9.67 Å². The molecule has 0 unspecified atom stereocenters. The van der Waals surface area contributed by atoms with Crippen LogP contribution >= 0.6 is 23.6 Å². The van der Waals surface area contributed by atoms with Gasteiger partial charge >= 0.3 is 0 Å². The summed E-state index contributed by atoms with van der Waals surface area (Å²) in [5.41, 5.74) is 0. The fourth-order valence-electron chi connectivity index (χ4n) is 1.52. The van der Waals surface area contributed by atoms with Crippen molar-refractivity contribution in [3.05, 3.63) is 22.3 Å². The van der Waals surface area contributed by atoms with Gasteiger partial charge in [0.1, 0.15) is 0 Å². The number of rotatable bonds is 7. The van der Waals surface area contributed by atoms with Crippen molar-refractivity contribution >= 4 is 23.6 Å². The third-order valence-electron chi connectivity index (χ3n) is 2.39. The number of nitrogens with zero attached hydrogens (tertiary/aromatic N) is 2. The van der Waals surface area contributed by atoms with Crippen LogP contribution in [0.25, 0.3) is 10.7 Å². The molecule has 0 aromatic carbocycles. The lowest BCUT2D eigenvalue weighted by Gasteiger charge is -2.06. The van der Waals surface area contributed by atoms with Crippen LogP contribution in [0, 0.1) is 4.77 Å². The molecule has 18 heavy (non-hydrogen) atoms. The van der Waals surface area contributed by atoms with E-state index in [-0.39, 0.29) is 0 Å². The molecule has 0 aliphatic rings. The molecule has 98 valence electrons. The molecule has 0 bridgehead atoms. The monoisotopic (exact) mass is 285 g/mol. The molecule has 5 nitrogen and oxygen atoms in total. The number of aromatic nitrogens is 3. The molecule has 2 aromatic rings. The summed E-state index contributed by atoms with van der Waals surface area (Å²) in [6.07, 6.45) is 0. The average molecular weight is 285 g/mol. The maximum absolute atomic E-state index is 5.44. The van der Waals surface area contributed by atoms with E-state index in [0.717, 1.165) is 10.7 Å². The number of H-pyrrole nitrogens is 1. The molecule has 2 heterocycles. The summed E-state index contributed by atoms with van der Waals surface area (Å²) < 4.78 is 12.9. The van der Waals surface area contributed by atoms with Gasteiger partial charge in [-0.2, -0.15) is 5.10 Å². The summed E-state index contributed by atoms with van der Waals surface area (Å²) in [6, 6.07) is 4.02. The molecular formula is C11H15N3O2S2. The zero-order chi connectivity index (χ0) is 12.8. The SMILES string of the molecule is COCCOCCn1c(-c2cccs2)n[nH]c1=S. The fourth-order valence-corrected chi connectivity index (χ4v) is 2.46. The summed E-state index contributed by atoms with van der Waals surface area (Å²) in [5.74, 6) is 0.866. The lowest BCUT2D eigenvalue weighted by atomic mass is 10.4. The smallest absolute Gasteiger partial charge is 0.195 e. The molecule has 2 aromatic heterocycles. The molecule has 1 N–H and O–H groups in total. The van der Waals surface area contributed by atoms with E-state index < -0.39 is 0 Å². The summed E-state index contributed by atoms with van der Waals surface area (Å²) in [6.45, 7) is 2.48. The van der Waals surface area contributed by atoms with Gasteiger partial charge in [-0.1, -0.05) is 6.07 Å². The van der Waals surface area contributed by atoms with E-state index in [0.29, 0.717) is 31.1 Å². The molecule has 0 atom stereocenters. The van der Waals surface area contributed by atoms with E-state index in [1.807, 2.05) is 22.1 Å². The molecular weight excluding hydrogens is 270 g/mol. The number of ether oxygens (including phenoxy) is 2. The number of methoxy groups -OCH3 is 1. The molecule has 0 radical (unpaired) electrons. The molecule has 0 saturated heterocycles. The Morgan fingerprint density at radius 2 is 2.33 bits per heavy atom. The summed E-state index contributed by atoms with van der Waals surface area (Å²) in [7, 11) is 1.66. The molecule has 2 rings (SSSR count). The van der Waals surface area contributed by atoms with Gasteiger partial charge in [0, 0.05) is 7.11 Å². The largest absolute Gasteiger partial charge is 0.382 e. The topological polar surface area (TPSA) is 52.1 Å². The second-order valence-electron chi connectivity index (χ2n) is 3.59. The first-order valence-electron chi connectivity index (χ1n) is 5.58. The average Bonchev–Trinajstić information content (AvgIpc) is 2.99. The molecule has 7 heteroatoms. The first-order valence-corrected chi connectivity index (χ1v) is 6.87. The molecule has 0 saturated carbocycles. The van der Waals surface area contributed by atoms with Crippen molar-refractivity contribution in [1.82, 2.24) is 14.8 Å². The second kappa shape index (κ2) is 6.79. The van der Waals surface area contributed by atoms with Crippen LogP contribution < -0.4 is 0 Å². The van der Waals surface area contributed by atoms with Gasteiger partial charge in [-0.15, -0.1) is 11.3 Å². The summed E-state index contributed by atoms with van der Waals surface area (Å²) >= 11 is 6.86. The zero-order valence-corrected chi connectivity index (χ0v) is 11.7. The van der Waals surface area contributed by atoms with Crippen LogP contribution in [0.15, 0.2) is 17.5 Å². The maximum Gasteiger partial charge on any atom is 0.195 e. The predicted octanol–water partition coefficient (Wildman–Crippen LogP) is 2.33. The lowest BCUT2D eigenvalue weighted by molar-refractivity contribution is 0.0666. The van der Waals surface area contributed by atoms with E-state index in [1.165, 1.54) is 0 Å². The number of thiophene rings is 1. The molecule has 0 aliphatic heterocycles. The Morgan fingerprint density at radius 3 is 3.06 bits per heavy atom. The Labute approximate surface area is 114 Å². The number of hydrogen-bond acceptors (Lipinski definition) is 5. The number of aromatic amines is 1. The van der Waals surface area contributed by atoms with Crippen LogP contribution in [0.2, 0.25) is 0 Å². The minimum absolute atomic E-state index is 0.593. The Kier molecular flexibility index (Phi) is 5.06. The van der Waals surface area contributed by atoms with E-state index in [2.05, 4.69) is 10.2 Å². The van der Waals surface area contributed by atoms with Gasteiger partial charge in [-0.05, 0) is 23.7 Å². The van der Waals surface area contributed by atoms with Gasteiger partial charge in [0.05, 0.1) is 31.2 Å². The van der Waals surface area contributed by atoms with Crippen molar-refractivity contribution < 1.29 is 9.47 Å². The highest BCUT2D eigenvalue weighted by Crippen LogP contribution is 2.22. The highest BCUT2D eigenvalue weighted by atomic mass is 32.1. The van der Waals surface area contributed by atoms with Gasteiger partial charge in [0.2, 0.25) is 0 Å². The molecule has 0 aliphatic carbocycles. The normalized spacial score (nSPS) is 10.9. The molecule has 0 amide bonds. The van der Waals surface area contributed by atoms with Crippen LogP contribution in [0.5, 0.6) is 0 Å². The summed E-state index contributed by atoms with van der Waals surface area (Å²) in [5, 5.41) is 9.09. The highest BCUT2D eigenvalue weighted by molar-refractivity contribution is 7.71. The first-order chi connectivity index (χ1) is 8.83. The number of hydrogen-bond donors (Lipinski definition) is 1. The van der Waals surface area contributed by atoms with Crippen LogP contribution in [-0.4, -0.2) is 41.7 Å². The Balaban J connectivity index is 2.00. The van der Waals surface area contributed by atoms with Crippen molar-refractivity contribution in [2.75, 3.05) is 26.9 Å².